The van der Waals surface area contributed by atoms with Gasteiger partial charge >= 0.3 is 6.09 Å². The Morgan fingerprint density at radius 3 is 2.54 bits per heavy atom. The number of hydrogen-bond donors (Lipinski definition) is 1. The van der Waals surface area contributed by atoms with E-state index in [-0.39, 0.29) is 6.09 Å². The number of alkyl halides is 1. The van der Waals surface area contributed by atoms with Gasteiger partial charge in [0.15, 0.2) is 0 Å². The third kappa shape index (κ3) is 4.49. The number of halogens is 1. The van der Waals surface area contributed by atoms with Crippen molar-refractivity contribution in [2.24, 2.45) is 0 Å². The maximum Gasteiger partial charge on any atom is 0.407 e. The molecule has 0 aliphatic carbocycles. The normalized spacial score (nSPS) is 26.8. The predicted molar refractivity (Wildman–Crippen MR) is 97.9 cm³/mol. The second-order valence-corrected chi connectivity index (χ2v) is 7.85. The summed E-state index contributed by atoms with van der Waals surface area (Å²) in [5, 5.41) is 2.85. The smallest absolute Gasteiger partial charge is 0.407 e. The summed E-state index contributed by atoms with van der Waals surface area (Å²) in [6.45, 7) is 8.43. The summed E-state index contributed by atoms with van der Waals surface area (Å²) in [5.74, 6) is 0. The molecule has 6 heteroatoms. The van der Waals surface area contributed by atoms with Crippen LogP contribution in [-0.4, -0.2) is 66.2 Å². The minimum atomic E-state index is -0.330. The molecule has 1 unspecified atom stereocenters. The Hall–Kier alpha value is -1.11. The average molecular weight is 397 g/mol. The van der Waals surface area contributed by atoms with Crippen molar-refractivity contribution in [3.05, 3.63) is 35.9 Å². The number of nitrogens with zero attached hydrogens (tertiary/aromatic N) is 2. The van der Waals surface area contributed by atoms with Crippen LogP contribution in [0.2, 0.25) is 0 Å². The van der Waals surface area contributed by atoms with Gasteiger partial charge in [-0.25, -0.2) is 4.79 Å². The van der Waals surface area contributed by atoms with Crippen molar-refractivity contribution in [2.45, 2.75) is 24.4 Å². The van der Waals surface area contributed by atoms with Gasteiger partial charge < -0.3 is 14.5 Å². The summed E-state index contributed by atoms with van der Waals surface area (Å²) in [6, 6.07) is 9.75. The number of ether oxygens (including phenoxy) is 1. The third-order valence-corrected chi connectivity index (χ3v) is 6.61. The number of alkyl carbamates (subject to hydrolysis) is 1. The van der Waals surface area contributed by atoms with E-state index < -0.39 is 0 Å². The molecule has 24 heavy (non-hydrogen) atoms. The summed E-state index contributed by atoms with van der Waals surface area (Å²) >= 11 is 3.92. The Morgan fingerprint density at radius 1 is 1.21 bits per heavy atom. The number of benzene rings is 1. The quantitative estimate of drug-likeness (QED) is 0.333. The van der Waals surface area contributed by atoms with E-state index in [9.17, 15) is 4.79 Å². The van der Waals surface area contributed by atoms with Gasteiger partial charge in [0.1, 0.15) is 11.6 Å². The summed E-state index contributed by atoms with van der Waals surface area (Å²) in [6.07, 6.45) is 1.72. The maximum absolute atomic E-state index is 11.7. The van der Waals surface area contributed by atoms with Crippen LogP contribution in [0.15, 0.2) is 30.3 Å². The first kappa shape index (κ1) is 17.7. The average Bonchev–Trinajstić information content (AvgIpc) is 2.65. The number of piperazine rings is 3. The summed E-state index contributed by atoms with van der Waals surface area (Å²) in [7, 11) is 0. The maximum atomic E-state index is 11.7. The second kappa shape index (κ2) is 8.32. The highest BCUT2D eigenvalue weighted by Gasteiger charge is 2.42. The monoisotopic (exact) mass is 396 g/mol. The number of carbonyl (C=O) groups excluding carboxylic acids is 1. The van der Waals surface area contributed by atoms with Gasteiger partial charge in [-0.1, -0.05) is 30.3 Å². The van der Waals surface area contributed by atoms with Crippen LogP contribution < -0.4 is 5.32 Å². The first-order valence-corrected chi connectivity index (χ1v) is 9.76. The van der Waals surface area contributed by atoms with Gasteiger partial charge in [-0.2, -0.15) is 0 Å². The van der Waals surface area contributed by atoms with Crippen molar-refractivity contribution in [1.82, 2.24) is 10.2 Å². The Kier molecular flexibility index (Phi) is 6.14. The first-order valence-electron chi connectivity index (χ1n) is 8.85. The third-order valence-electron chi connectivity index (χ3n) is 5.28. The molecule has 1 aromatic carbocycles. The zero-order valence-electron chi connectivity index (χ0n) is 14.1. The fraction of sp³-hybridized carbons (Fsp3) is 0.611. The molecule has 0 aromatic heterocycles. The molecule has 4 rings (SSSR count). The van der Waals surface area contributed by atoms with E-state index >= 15 is 0 Å². The molecule has 3 fully saturated rings. The Bertz CT molecular complexity index is 519. The number of carbonyl (C=O) groups is 1. The molecule has 2 bridgehead atoms. The van der Waals surface area contributed by atoms with Crippen molar-refractivity contribution in [3.63, 3.8) is 0 Å². The standard InChI is InChI=1S/C18H26BrN3O2/c19-17(22-12-9-21(10-13-22)11-14-22)7-4-8-20-18(23)24-15-16-5-2-1-3-6-16/h1-3,5-6,17H,4,7-15H2/p+1. The molecule has 0 radical (unpaired) electrons. The molecule has 1 atom stereocenters. The van der Waals surface area contributed by atoms with Gasteiger partial charge in [0, 0.05) is 32.6 Å². The van der Waals surface area contributed by atoms with Gasteiger partial charge in [0.05, 0.1) is 19.6 Å². The van der Waals surface area contributed by atoms with E-state index in [1.807, 2.05) is 30.3 Å². The highest BCUT2D eigenvalue weighted by Crippen LogP contribution is 2.29. The number of fused-ring (bicyclic) bond motifs is 3. The Morgan fingerprint density at radius 2 is 1.88 bits per heavy atom. The highest BCUT2D eigenvalue weighted by atomic mass is 79.9. The molecule has 132 valence electrons. The van der Waals surface area contributed by atoms with Crippen molar-refractivity contribution in [2.75, 3.05) is 45.8 Å². The summed E-state index contributed by atoms with van der Waals surface area (Å²) < 4.78 is 6.43. The van der Waals surface area contributed by atoms with Crippen molar-refractivity contribution in [1.29, 1.82) is 0 Å². The fourth-order valence-electron chi connectivity index (χ4n) is 3.62. The molecule has 1 N–H and O–H groups in total. The Balaban J connectivity index is 1.31. The van der Waals surface area contributed by atoms with E-state index in [1.54, 1.807) is 0 Å². The minimum absolute atomic E-state index is 0.324. The molecule has 0 saturated carbocycles. The van der Waals surface area contributed by atoms with Gasteiger partial charge in [-0.3, -0.25) is 4.90 Å². The number of nitrogens with one attached hydrogen (secondary N) is 1. The highest BCUT2D eigenvalue weighted by molar-refractivity contribution is 9.09. The summed E-state index contributed by atoms with van der Waals surface area (Å²) in [5.41, 5.74) is 1.01. The Labute approximate surface area is 152 Å². The van der Waals surface area contributed by atoms with Crippen molar-refractivity contribution in [3.8, 4) is 0 Å². The molecule has 3 heterocycles. The molecule has 0 spiro atoms. The number of quaternary nitrogens is 1. The van der Waals surface area contributed by atoms with Gasteiger partial charge in [0.2, 0.25) is 0 Å². The molecule has 1 aromatic rings. The van der Waals surface area contributed by atoms with Crippen molar-refractivity contribution >= 4 is 22.0 Å². The molecule has 3 aliphatic heterocycles. The fourth-order valence-corrected chi connectivity index (χ4v) is 4.56. The van der Waals surface area contributed by atoms with E-state index in [0.29, 0.717) is 18.1 Å². The van der Waals surface area contributed by atoms with Crippen LogP contribution in [0.5, 0.6) is 0 Å². The van der Waals surface area contributed by atoms with E-state index in [2.05, 4.69) is 26.1 Å². The summed E-state index contributed by atoms with van der Waals surface area (Å²) in [4.78, 5) is 14.8. The second-order valence-electron chi connectivity index (χ2n) is 6.80. The lowest BCUT2D eigenvalue weighted by Crippen LogP contribution is -2.69. The van der Waals surface area contributed by atoms with Gasteiger partial charge in [-0.05, 0) is 27.9 Å². The molecule has 3 saturated heterocycles. The zero-order valence-corrected chi connectivity index (χ0v) is 15.7. The van der Waals surface area contributed by atoms with E-state index in [4.69, 9.17) is 4.74 Å². The molecule has 3 aliphatic rings. The van der Waals surface area contributed by atoms with Gasteiger partial charge in [-0.15, -0.1) is 0 Å². The predicted octanol–water partition coefficient (Wildman–Crippen LogP) is 2.56. The van der Waals surface area contributed by atoms with E-state index in [0.717, 1.165) is 18.4 Å². The van der Waals surface area contributed by atoms with Crippen LogP contribution in [0.3, 0.4) is 0 Å². The number of rotatable bonds is 7. The largest absolute Gasteiger partial charge is 0.445 e. The van der Waals surface area contributed by atoms with Gasteiger partial charge in [0.25, 0.3) is 0 Å². The topological polar surface area (TPSA) is 41.6 Å². The van der Waals surface area contributed by atoms with Crippen LogP contribution >= 0.6 is 15.9 Å². The number of hydrogen-bond acceptors (Lipinski definition) is 3. The van der Waals surface area contributed by atoms with Crippen LogP contribution in [0.1, 0.15) is 18.4 Å². The minimum Gasteiger partial charge on any atom is -0.445 e. The first-order chi connectivity index (χ1) is 11.7. The molecular formula is C18H27BrN3O2+. The molecule has 1 amide bonds. The van der Waals surface area contributed by atoms with Crippen LogP contribution in [0.4, 0.5) is 4.79 Å². The SMILES string of the molecule is O=C(NCCCC(Br)[N+]12CCN(CC1)CC2)OCc1ccccc1. The number of amides is 1. The molecular weight excluding hydrogens is 370 g/mol. The van der Waals surface area contributed by atoms with Crippen LogP contribution in [0, 0.1) is 0 Å². The lowest BCUT2D eigenvalue weighted by molar-refractivity contribution is -0.949. The van der Waals surface area contributed by atoms with Crippen LogP contribution in [0.25, 0.3) is 0 Å². The van der Waals surface area contributed by atoms with E-state index in [1.165, 1.54) is 43.8 Å². The van der Waals surface area contributed by atoms with Crippen molar-refractivity contribution < 1.29 is 14.0 Å². The molecule has 5 nitrogen and oxygen atoms in total. The lowest BCUT2D eigenvalue weighted by Gasteiger charge is -2.53. The van der Waals surface area contributed by atoms with Crippen LogP contribution in [-0.2, 0) is 11.3 Å². The zero-order chi connectivity index (χ0) is 16.8. The lowest BCUT2D eigenvalue weighted by atomic mass is 10.1.